The van der Waals surface area contributed by atoms with E-state index in [0.717, 1.165) is 23.2 Å². The summed E-state index contributed by atoms with van der Waals surface area (Å²) in [5, 5.41) is 11.9. The molecule has 1 saturated carbocycles. The largest absolute Gasteiger partial charge is 0.417 e. The lowest BCUT2D eigenvalue weighted by atomic mass is 9.76. The highest BCUT2D eigenvalue weighted by molar-refractivity contribution is 7.86. The summed E-state index contributed by atoms with van der Waals surface area (Å²) < 4.78 is 68.5. The Morgan fingerprint density at radius 1 is 1.24 bits per heavy atom. The lowest BCUT2D eigenvalue weighted by Gasteiger charge is -2.40. The summed E-state index contributed by atoms with van der Waals surface area (Å²) in [7, 11) is -0.955. The molecule has 3 aliphatic rings. The van der Waals surface area contributed by atoms with Crippen LogP contribution in [0.5, 0.6) is 0 Å². The average molecular weight is 500 g/mol. The lowest BCUT2D eigenvalue weighted by molar-refractivity contribution is -0.137. The molecule has 2 saturated heterocycles. The molecule has 0 aromatic heterocycles. The van der Waals surface area contributed by atoms with Crippen LogP contribution >= 0.6 is 0 Å². The van der Waals surface area contributed by atoms with Crippen LogP contribution in [0.3, 0.4) is 0 Å². The van der Waals surface area contributed by atoms with Gasteiger partial charge < -0.3 is 10.2 Å². The summed E-state index contributed by atoms with van der Waals surface area (Å²) in [6.07, 6.45) is -1.38. The Morgan fingerprint density at radius 3 is 2.41 bits per heavy atom. The van der Waals surface area contributed by atoms with Crippen LogP contribution in [-0.2, 0) is 21.2 Å². The Kier molecular flexibility index (Phi) is 6.33. The SMILES string of the molecule is CN(C)S(=O)(=O)N1CC2(CCN(c3ccc(C#N)c(C(F)(F)F)c3)CC2)CC1C(=O)NC1CC1. The number of hydrogen-bond donors (Lipinski definition) is 1. The molecule has 1 aromatic carbocycles. The molecule has 1 spiro atoms. The van der Waals surface area contributed by atoms with Gasteiger partial charge >= 0.3 is 6.18 Å². The van der Waals surface area contributed by atoms with E-state index in [1.807, 2.05) is 4.90 Å². The van der Waals surface area contributed by atoms with Crippen LogP contribution in [0.25, 0.3) is 0 Å². The zero-order valence-corrected chi connectivity index (χ0v) is 19.9. The zero-order chi connectivity index (χ0) is 24.9. The standard InChI is InChI=1S/C22H28F3N5O3S/c1-28(2)34(32,33)30-14-21(12-19(30)20(31)27-16-4-5-16)7-9-29(10-8-21)17-6-3-15(13-26)18(11-17)22(23,24)25/h3,6,11,16,19H,4-5,7-10,12,14H2,1-2H3,(H,27,31). The highest BCUT2D eigenvalue weighted by atomic mass is 32.2. The molecule has 1 aliphatic carbocycles. The number of rotatable bonds is 5. The Morgan fingerprint density at radius 2 is 1.88 bits per heavy atom. The number of benzene rings is 1. The minimum absolute atomic E-state index is 0.106. The van der Waals surface area contributed by atoms with E-state index in [1.54, 1.807) is 6.07 Å². The monoisotopic (exact) mass is 499 g/mol. The van der Waals surface area contributed by atoms with E-state index >= 15 is 0 Å². The molecule has 2 aliphatic heterocycles. The Bertz CT molecular complexity index is 1100. The molecule has 1 unspecified atom stereocenters. The summed E-state index contributed by atoms with van der Waals surface area (Å²) in [5.74, 6) is -0.283. The van der Waals surface area contributed by atoms with E-state index in [2.05, 4.69) is 5.32 Å². The molecule has 8 nitrogen and oxygen atoms in total. The van der Waals surface area contributed by atoms with Crippen LogP contribution in [0, 0.1) is 16.7 Å². The summed E-state index contributed by atoms with van der Waals surface area (Å²) >= 11 is 0. The first kappa shape index (κ1) is 24.8. The van der Waals surface area contributed by atoms with Crippen molar-refractivity contribution in [2.45, 2.75) is 50.4 Å². The first-order valence-corrected chi connectivity index (χ1v) is 12.6. The van der Waals surface area contributed by atoms with Gasteiger partial charge in [0.25, 0.3) is 10.2 Å². The molecule has 3 fully saturated rings. The lowest BCUT2D eigenvalue weighted by Crippen LogP contribution is -2.50. The molecule has 12 heteroatoms. The highest BCUT2D eigenvalue weighted by Gasteiger charge is 2.53. The third-order valence-corrected chi connectivity index (χ3v) is 8.97. The summed E-state index contributed by atoms with van der Waals surface area (Å²) in [4.78, 5) is 14.7. The maximum atomic E-state index is 13.4. The fraction of sp³-hybridized carbons (Fsp3) is 0.636. The second-order valence-electron chi connectivity index (χ2n) is 9.66. The Hall–Kier alpha value is -2.36. The van der Waals surface area contributed by atoms with Crippen LogP contribution in [0.1, 0.15) is 43.2 Å². The van der Waals surface area contributed by atoms with Crippen LogP contribution in [0.15, 0.2) is 18.2 Å². The van der Waals surface area contributed by atoms with Gasteiger partial charge in [-0.25, -0.2) is 0 Å². The van der Waals surface area contributed by atoms with Gasteiger partial charge in [-0.05, 0) is 55.7 Å². The number of carbonyl (C=O) groups excluding carboxylic acids is 1. The number of anilines is 1. The second kappa shape index (κ2) is 8.70. The Labute approximate surface area is 197 Å². The van der Waals surface area contributed by atoms with Gasteiger partial charge in [0.2, 0.25) is 5.91 Å². The van der Waals surface area contributed by atoms with Gasteiger partial charge in [0.05, 0.1) is 17.2 Å². The maximum absolute atomic E-state index is 13.4. The van der Waals surface area contributed by atoms with Crippen molar-refractivity contribution in [3.8, 4) is 6.07 Å². The molecule has 1 N–H and O–H groups in total. The molecular weight excluding hydrogens is 471 g/mol. The molecule has 186 valence electrons. The van der Waals surface area contributed by atoms with E-state index in [4.69, 9.17) is 5.26 Å². The number of amides is 1. The van der Waals surface area contributed by atoms with Crippen molar-refractivity contribution >= 4 is 21.8 Å². The van der Waals surface area contributed by atoms with E-state index in [-0.39, 0.29) is 18.5 Å². The van der Waals surface area contributed by atoms with Crippen molar-refractivity contribution < 1.29 is 26.4 Å². The van der Waals surface area contributed by atoms with Crippen molar-refractivity contribution in [1.82, 2.24) is 13.9 Å². The van der Waals surface area contributed by atoms with Gasteiger partial charge in [0.15, 0.2) is 0 Å². The number of piperidine rings is 1. The van der Waals surface area contributed by atoms with Gasteiger partial charge in [-0.15, -0.1) is 0 Å². The number of nitrogens with zero attached hydrogens (tertiary/aromatic N) is 4. The van der Waals surface area contributed by atoms with Crippen molar-refractivity contribution in [2.75, 3.05) is 38.6 Å². The molecule has 2 heterocycles. The first-order chi connectivity index (χ1) is 15.9. The summed E-state index contributed by atoms with van der Waals surface area (Å²) in [6, 6.07) is 4.59. The fourth-order valence-corrected chi connectivity index (χ4v) is 6.23. The Balaban J connectivity index is 1.53. The molecule has 4 rings (SSSR count). The minimum Gasteiger partial charge on any atom is -0.371 e. The van der Waals surface area contributed by atoms with Crippen LogP contribution in [0.2, 0.25) is 0 Å². The quantitative estimate of drug-likeness (QED) is 0.671. The van der Waals surface area contributed by atoms with Crippen molar-refractivity contribution in [3.63, 3.8) is 0 Å². The predicted molar refractivity (Wildman–Crippen MR) is 119 cm³/mol. The molecule has 1 aromatic rings. The van der Waals surface area contributed by atoms with Crippen molar-refractivity contribution in [2.24, 2.45) is 5.41 Å². The van der Waals surface area contributed by atoms with E-state index in [1.165, 1.54) is 30.5 Å². The smallest absolute Gasteiger partial charge is 0.371 e. The minimum atomic E-state index is -4.63. The number of nitriles is 1. The number of hydrogen-bond acceptors (Lipinski definition) is 5. The molecule has 0 radical (unpaired) electrons. The van der Waals surface area contributed by atoms with E-state index in [0.29, 0.717) is 38.0 Å². The third-order valence-electron chi connectivity index (χ3n) is 7.07. The van der Waals surface area contributed by atoms with Crippen molar-refractivity contribution in [3.05, 3.63) is 29.3 Å². The summed E-state index contributed by atoms with van der Waals surface area (Å²) in [5.41, 5.74) is -1.44. The van der Waals surface area contributed by atoms with Gasteiger partial charge in [0, 0.05) is 45.5 Å². The number of nitrogens with one attached hydrogen (secondary N) is 1. The molecule has 1 atom stereocenters. The molecule has 0 bridgehead atoms. The number of carbonyl (C=O) groups is 1. The average Bonchev–Trinajstić information content (AvgIpc) is 3.51. The third kappa shape index (κ3) is 4.74. The zero-order valence-electron chi connectivity index (χ0n) is 19.1. The predicted octanol–water partition coefficient (Wildman–Crippen LogP) is 2.32. The molecular formula is C22H28F3N5O3S. The molecule has 1 amide bonds. The fourth-order valence-electron chi connectivity index (χ4n) is 4.88. The van der Waals surface area contributed by atoms with Crippen LogP contribution in [-0.4, -0.2) is 68.7 Å². The second-order valence-corrected chi connectivity index (χ2v) is 11.8. The van der Waals surface area contributed by atoms with E-state index in [9.17, 15) is 26.4 Å². The van der Waals surface area contributed by atoms with Crippen LogP contribution in [0.4, 0.5) is 18.9 Å². The van der Waals surface area contributed by atoms with Gasteiger partial charge in [0.1, 0.15) is 6.04 Å². The normalized spacial score (nSPS) is 23.3. The number of alkyl halides is 3. The van der Waals surface area contributed by atoms with Gasteiger partial charge in [-0.1, -0.05) is 0 Å². The van der Waals surface area contributed by atoms with E-state index < -0.39 is 39.0 Å². The van der Waals surface area contributed by atoms with Gasteiger partial charge in [-0.2, -0.15) is 35.5 Å². The van der Waals surface area contributed by atoms with Crippen molar-refractivity contribution in [1.29, 1.82) is 5.26 Å². The highest BCUT2D eigenvalue weighted by Crippen LogP contribution is 2.46. The van der Waals surface area contributed by atoms with Gasteiger partial charge in [-0.3, -0.25) is 4.79 Å². The maximum Gasteiger partial charge on any atom is 0.417 e. The molecule has 34 heavy (non-hydrogen) atoms. The summed E-state index contributed by atoms with van der Waals surface area (Å²) in [6.45, 7) is 1.05. The topological polar surface area (TPSA) is 96.8 Å². The van der Waals surface area contributed by atoms with Crippen LogP contribution < -0.4 is 10.2 Å². The number of halogens is 3. The first-order valence-electron chi connectivity index (χ1n) is 11.2.